The first-order valence-electron chi connectivity index (χ1n) is 6.59. The van der Waals surface area contributed by atoms with Crippen molar-refractivity contribution in [1.82, 2.24) is 10.2 Å². The number of nitrogens with two attached hydrogens (primary N) is 1. The summed E-state index contributed by atoms with van der Waals surface area (Å²) in [6.45, 7) is 6.44. The molecule has 0 amide bonds. The number of nitrogens with zero attached hydrogens (tertiary/aromatic N) is 1. The molecule has 0 bridgehead atoms. The van der Waals surface area contributed by atoms with Crippen LogP contribution in [0.4, 0.5) is 5.82 Å². The fraction of sp³-hybridized carbons (Fsp3) is 0.400. The second kappa shape index (κ2) is 5.37. The highest BCUT2D eigenvalue weighted by molar-refractivity contribution is 6.31. The molecule has 5 heteroatoms. The van der Waals surface area contributed by atoms with Gasteiger partial charge in [0.1, 0.15) is 5.75 Å². The minimum Gasteiger partial charge on any atom is -0.496 e. The van der Waals surface area contributed by atoms with E-state index in [-0.39, 0.29) is 5.41 Å². The summed E-state index contributed by atoms with van der Waals surface area (Å²) in [7, 11) is 1.63. The van der Waals surface area contributed by atoms with E-state index in [2.05, 4.69) is 31.0 Å². The third-order valence-corrected chi connectivity index (χ3v) is 4.02. The lowest BCUT2D eigenvalue weighted by molar-refractivity contribution is 0.416. The van der Waals surface area contributed by atoms with Crippen LogP contribution in [0.25, 0.3) is 11.1 Å². The molecule has 1 aromatic carbocycles. The summed E-state index contributed by atoms with van der Waals surface area (Å²) in [5, 5.41) is 7.87. The molecule has 20 heavy (non-hydrogen) atoms. The van der Waals surface area contributed by atoms with Crippen molar-refractivity contribution < 1.29 is 4.74 Å². The van der Waals surface area contributed by atoms with Crippen molar-refractivity contribution in [2.45, 2.75) is 32.6 Å². The van der Waals surface area contributed by atoms with Gasteiger partial charge in [0.05, 0.1) is 18.4 Å². The van der Waals surface area contributed by atoms with Gasteiger partial charge in [-0.3, -0.25) is 5.10 Å². The van der Waals surface area contributed by atoms with Crippen LogP contribution in [0.1, 0.15) is 32.9 Å². The van der Waals surface area contributed by atoms with Crippen molar-refractivity contribution >= 4 is 17.4 Å². The summed E-state index contributed by atoms with van der Waals surface area (Å²) >= 11 is 6.12. The van der Waals surface area contributed by atoms with Gasteiger partial charge in [-0.1, -0.05) is 32.4 Å². The van der Waals surface area contributed by atoms with Crippen molar-refractivity contribution in [2.75, 3.05) is 12.8 Å². The number of halogens is 1. The first-order chi connectivity index (χ1) is 9.40. The number of hydrogen-bond acceptors (Lipinski definition) is 3. The zero-order valence-corrected chi connectivity index (χ0v) is 13.0. The maximum atomic E-state index is 6.12. The molecule has 0 atom stereocenters. The van der Waals surface area contributed by atoms with Gasteiger partial charge in [0.25, 0.3) is 0 Å². The molecule has 0 fully saturated rings. The van der Waals surface area contributed by atoms with Gasteiger partial charge in [-0.2, -0.15) is 5.10 Å². The Hall–Kier alpha value is -1.68. The van der Waals surface area contributed by atoms with Crippen LogP contribution in [-0.2, 0) is 5.41 Å². The predicted octanol–water partition coefficient (Wildman–Crippen LogP) is 4.01. The third-order valence-electron chi connectivity index (χ3n) is 3.79. The standard InChI is InChI=1S/C15H20ClN3O/c1-5-15(2,3)13-12(14(17)19-18-13)10-8-9(16)6-7-11(10)20-4/h6-8H,5H2,1-4H3,(H3,17,18,19). The second-order valence-electron chi connectivity index (χ2n) is 5.44. The molecule has 1 heterocycles. The van der Waals surface area contributed by atoms with E-state index in [0.717, 1.165) is 29.0 Å². The molecule has 0 aliphatic heterocycles. The van der Waals surface area contributed by atoms with Gasteiger partial charge in [0.2, 0.25) is 0 Å². The monoisotopic (exact) mass is 293 g/mol. The van der Waals surface area contributed by atoms with Crippen molar-refractivity contribution in [1.29, 1.82) is 0 Å². The number of H-pyrrole nitrogens is 1. The van der Waals surface area contributed by atoms with Crippen LogP contribution in [0.5, 0.6) is 5.75 Å². The Morgan fingerprint density at radius 3 is 2.70 bits per heavy atom. The lowest BCUT2D eigenvalue weighted by Gasteiger charge is -2.23. The lowest BCUT2D eigenvalue weighted by atomic mass is 9.82. The highest BCUT2D eigenvalue weighted by atomic mass is 35.5. The van der Waals surface area contributed by atoms with Gasteiger partial charge >= 0.3 is 0 Å². The fourth-order valence-corrected chi connectivity index (χ4v) is 2.34. The Labute approximate surface area is 124 Å². The Balaban J connectivity index is 2.70. The van der Waals surface area contributed by atoms with Crippen molar-refractivity contribution in [3.63, 3.8) is 0 Å². The van der Waals surface area contributed by atoms with E-state index in [9.17, 15) is 0 Å². The molecular weight excluding hydrogens is 274 g/mol. The molecule has 0 saturated heterocycles. The summed E-state index contributed by atoms with van der Waals surface area (Å²) in [4.78, 5) is 0. The Kier molecular flexibility index (Phi) is 3.95. The predicted molar refractivity (Wildman–Crippen MR) is 83.3 cm³/mol. The van der Waals surface area contributed by atoms with Gasteiger partial charge in [-0.25, -0.2) is 0 Å². The number of aromatic amines is 1. The van der Waals surface area contributed by atoms with Crippen LogP contribution in [0.15, 0.2) is 18.2 Å². The lowest BCUT2D eigenvalue weighted by Crippen LogP contribution is -2.17. The molecule has 0 saturated carbocycles. The van der Waals surface area contributed by atoms with E-state index in [1.54, 1.807) is 13.2 Å². The van der Waals surface area contributed by atoms with Crippen LogP contribution in [-0.4, -0.2) is 17.3 Å². The van der Waals surface area contributed by atoms with Gasteiger partial charge in [0.15, 0.2) is 5.82 Å². The molecule has 0 aliphatic rings. The normalized spacial score (nSPS) is 11.7. The summed E-state index contributed by atoms with van der Waals surface area (Å²) < 4.78 is 5.42. The molecular formula is C15H20ClN3O. The molecule has 1 aromatic heterocycles. The number of benzene rings is 1. The largest absolute Gasteiger partial charge is 0.496 e. The number of aromatic nitrogens is 2. The van der Waals surface area contributed by atoms with E-state index in [4.69, 9.17) is 22.1 Å². The average Bonchev–Trinajstić information content (AvgIpc) is 2.81. The Bertz CT molecular complexity index is 620. The summed E-state index contributed by atoms with van der Waals surface area (Å²) in [6.07, 6.45) is 0.963. The van der Waals surface area contributed by atoms with Gasteiger partial charge in [0, 0.05) is 16.0 Å². The molecule has 0 spiro atoms. The first-order valence-corrected chi connectivity index (χ1v) is 6.96. The molecule has 2 aromatic rings. The maximum absolute atomic E-state index is 6.12. The van der Waals surface area contributed by atoms with Crippen LogP contribution in [0.2, 0.25) is 5.02 Å². The number of ether oxygens (including phenoxy) is 1. The molecule has 108 valence electrons. The molecule has 4 nitrogen and oxygen atoms in total. The minimum absolute atomic E-state index is 0.0622. The van der Waals surface area contributed by atoms with Crippen LogP contribution < -0.4 is 10.5 Å². The van der Waals surface area contributed by atoms with Crippen molar-refractivity contribution in [3.8, 4) is 16.9 Å². The van der Waals surface area contributed by atoms with E-state index in [1.165, 1.54) is 0 Å². The van der Waals surface area contributed by atoms with Crippen LogP contribution in [0.3, 0.4) is 0 Å². The van der Waals surface area contributed by atoms with E-state index in [0.29, 0.717) is 10.8 Å². The van der Waals surface area contributed by atoms with Crippen LogP contribution >= 0.6 is 11.6 Å². The maximum Gasteiger partial charge on any atom is 0.153 e. The second-order valence-corrected chi connectivity index (χ2v) is 5.88. The highest BCUT2D eigenvalue weighted by Crippen LogP contribution is 2.41. The number of nitrogen functional groups attached to an aromatic ring is 1. The summed E-state index contributed by atoms with van der Waals surface area (Å²) in [6, 6.07) is 5.49. The van der Waals surface area contributed by atoms with E-state index >= 15 is 0 Å². The minimum atomic E-state index is -0.0622. The zero-order chi connectivity index (χ0) is 14.9. The van der Waals surface area contributed by atoms with E-state index in [1.807, 2.05) is 12.1 Å². The van der Waals surface area contributed by atoms with Gasteiger partial charge in [-0.05, 0) is 24.6 Å². The Morgan fingerprint density at radius 2 is 2.10 bits per heavy atom. The molecule has 0 radical (unpaired) electrons. The number of nitrogens with one attached hydrogen (secondary N) is 1. The van der Waals surface area contributed by atoms with Crippen LogP contribution in [0, 0.1) is 0 Å². The van der Waals surface area contributed by atoms with Crippen molar-refractivity contribution in [2.24, 2.45) is 0 Å². The van der Waals surface area contributed by atoms with Gasteiger partial charge in [-0.15, -0.1) is 0 Å². The number of anilines is 1. The summed E-state index contributed by atoms with van der Waals surface area (Å²) in [5.41, 5.74) is 8.73. The SMILES string of the molecule is CCC(C)(C)c1[nH]nc(N)c1-c1cc(Cl)ccc1OC. The third kappa shape index (κ3) is 2.48. The molecule has 0 aliphatic carbocycles. The number of methoxy groups -OCH3 is 1. The zero-order valence-electron chi connectivity index (χ0n) is 12.2. The highest BCUT2D eigenvalue weighted by Gasteiger charge is 2.28. The Morgan fingerprint density at radius 1 is 1.40 bits per heavy atom. The van der Waals surface area contributed by atoms with Crippen molar-refractivity contribution in [3.05, 3.63) is 28.9 Å². The van der Waals surface area contributed by atoms with Gasteiger partial charge < -0.3 is 10.5 Å². The number of hydrogen-bond donors (Lipinski definition) is 2. The molecule has 3 N–H and O–H groups in total. The fourth-order valence-electron chi connectivity index (χ4n) is 2.17. The quantitative estimate of drug-likeness (QED) is 0.895. The number of rotatable bonds is 4. The smallest absolute Gasteiger partial charge is 0.153 e. The molecule has 0 unspecified atom stereocenters. The average molecular weight is 294 g/mol. The molecule has 2 rings (SSSR count). The van der Waals surface area contributed by atoms with E-state index < -0.39 is 0 Å². The topological polar surface area (TPSA) is 63.9 Å². The summed E-state index contributed by atoms with van der Waals surface area (Å²) in [5.74, 6) is 1.19. The first kappa shape index (κ1) is 14.7.